The first-order valence-electron chi connectivity index (χ1n) is 10.1. The van der Waals surface area contributed by atoms with Crippen LogP contribution >= 0.6 is 22.6 Å². The zero-order chi connectivity index (χ0) is 18.8. The molecule has 5 nitrogen and oxygen atoms in total. The number of fused-ring (bicyclic) bond motifs is 2. The van der Waals surface area contributed by atoms with Gasteiger partial charge in [-0.15, -0.1) is 0 Å². The van der Waals surface area contributed by atoms with Crippen molar-refractivity contribution in [1.82, 2.24) is 0 Å². The van der Waals surface area contributed by atoms with Gasteiger partial charge in [0.2, 0.25) is 5.79 Å². The number of hydrogen-bond donors (Lipinski definition) is 1. The highest BCUT2D eigenvalue weighted by Crippen LogP contribution is 2.60. The fraction of sp³-hybridized carbons (Fsp3) is 0.714. The van der Waals surface area contributed by atoms with Gasteiger partial charge in [0.05, 0.1) is 0 Å². The molecule has 4 aliphatic heterocycles. The summed E-state index contributed by atoms with van der Waals surface area (Å²) in [6.07, 6.45) is 3.76. The molecule has 1 aromatic carbocycles. The third-order valence-corrected chi connectivity index (χ3v) is 8.03. The Bertz CT molecular complexity index is 715. The van der Waals surface area contributed by atoms with E-state index in [4.69, 9.17) is 19.2 Å². The van der Waals surface area contributed by atoms with Gasteiger partial charge in [0.25, 0.3) is 0 Å². The van der Waals surface area contributed by atoms with E-state index in [-0.39, 0.29) is 6.23 Å². The van der Waals surface area contributed by atoms with Crippen LogP contribution in [0.15, 0.2) is 24.3 Å². The molecule has 4 saturated heterocycles. The van der Waals surface area contributed by atoms with Crippen LogP contribution in [0.1, 0.15) is 46.5 Å². The number of halogens is 1. The second-order valence-corrected chi connectivity index (χ2v) is 10.2. The predicted octanol–water partition coefficient (Wildman–Crippen LogP) is 4.91. The van der Waals surface area contributed by atoms with Crippen LogP contribution in [0, 0.1) is 27.2 Å². The molecule has 0 radical (unpaired) electrons. The summed E-state index contributed by atoms with van der Waals surface area (Å²) in [4.78, 5) is 12.1. The van der Waals surface area contributed by atoms with Crippen molar-refractivity contribution in [2.75, 3.05) is 5.32 Å². The van der Waals surface area contributed by atoms with Gasteiger partial charge in [-0.1, -0.05) is 13.8 Å². The predicted molar refractivity (Wildman–Crippen MR) is 110 cm³/mol. The highest BCUT2D eigenvalue weighted by atomic mass is 127. The fourth-order valence-electron chi connectivity index (χ4n) is 5.78. The quantitative estimate of drug-likeness (QED) is 0.477. The van der Waals surface area contributed by atoms with Crippen molar-refractivity contribution in [3.8, 4) is 0 Å². The summed E-state index contributed by atoms with van der Waals surface area (Å²) in [6.45, 7) is 6.59. The average Bonchev–Trinajstić information content (AvgIpc) is 2.87. The van der Waals surface area contributed by atoms with Crippen molar-refractivity contribution in [3.63, 3.8) is 0 Å². The van der Waals surface area contributed by atoms with Crippen molar-refractivity contribution in [2.24, 2.45) is 23.7 Å². The van der Waals surface area contributed by atoms with Crippen LogP contribution in [0.5, 0.6) is 0 Å². The summed E-state index contributed by atoms with van der Waals surface area (Å²) in [5.41, 5.74) is 0.586. The number of rotatable bonds is 2. The number of ether oxygens (including phenoxy) is 2. The molecule has 8 atom stereocenters. The molecule has 5 fully saturated rings. The molecule has 0 aromatic heterocycles. The molecule has 1 N–H and O–H groups in total. The van der Waals surface area contributed by atoms with Gasteiger partial charge >= 0.3 is 0 Å². The van der Waals surface area contributed by atoms with E-state index >= 15 is 0 Å². The molecule has 27 heavy (non-hydrogen) atoms. The molecule has 6 heteroatoms. The minimum atomic E-state index is -0.717. The third-order valence-electron chi connectivity index (χ3n) is 7.31. The molecule has 1 unspecified atom stereocenters. The van der Waals surface area contributed by atoms with E-state index in [2.05, 4.69) is 66.0 Å². The second kappa shape index (κ2) is 6.55. The van der Waals surface area contributed by atoms with E-state index in [1.165, 1.54) is 9.99 Å². The van der Waals surface area contributed by atoms with Crippen LogP contribution < -0.4 is 5.32 Å². The van der Waals surface area contributed by atoms with Gasteiger partial charge < -0.3 is 14.8 Å². The van der Waals surface area contributed by atoms with Gasteiger partial charge in [0.1, 0.15) is 6.23 Å². The highest BCUT2D eigenvalue weighted by molar-refractivity contribution is 14.1. The first-order valence-corrected chi connectivity index (χ1v) is 11.2. The minimum absolute atomic E-state index is 0.105. The number of hydrogen-bond acceptors (Lipinski definition) is 5. The smallest absolute Gasteiger partial charge is 0.201 e. The van der Waals surface area contributed by atoms with E-state index in [1.54, 1.807) is 0 Å². The first-order chi connectivity index (χ1) is 12.9. The number of anilines is 1. The van der Waals surface area contributed by atoms with E-state index in [9.17, 15) is 0 Å². The lowest BCUT2D eigenvalue weighted by molar-refractivity contribution is -0.570. The Labute approximate surface area is 174 Å². The maximum atomic E-state index is 6.55. The summed E-state index contributed by atoms with van der Waals surface area (Å²) in [5.74, 6) is 0.928. The van der Waals surface area contributed by atoms with Crippen LogP contribution in [0.4, 0.5) is 5.69 Å². The Hall–Kier alpha value is -0.410. The Morgan fingerprint density at radius 2 is 1.81 bits per heavy atom. The summed E-state index contributed by atoms with van der Waals surface area (Å²) < 4.78 is 14.2. The van der Waals surface area contributed by atoms with Crippen LogP contribution in [0.25, 0.3) is 0 Å². The zero-order valence-corrected chi connectivity index (χ0v) is 18.3. The topological polar surface area (TPSA) is 49.0 Å². The van der Waals surface area contributed by atoms with E-state index in [1.807, 2.05) is 6.92 Å². The van der Waals surface area contributed by atoms with Crippen LogP contribution in [-0.2, 0) is 19.2 Å². The van der Waals surface area contributed by atoms with E-state index < -0.39 is 17.7 Å². The lowest BCUT2D eigenvalue weighted by Crippen LogP contribution is -2.71. The van der Waals surface area contributed by atoms with Gasteiger partial charge in [-0.3, -0.25) is 0 Å². The third kappa shape index (κ3) is 2.86. The standard InChI is InChI=1S/C21H28INO4/c1-12-4-9-17-13(2)18(23-15-7-5-14(22)6-8-15)24-19-21(17)16(12)10-11-20(3,25-19)26-27-21/h5-8,12-13,16-19,23H,4,9-11H2,1-3H3/t12-,13-,16+,17+,18?,19-,20-,21-/m1/s1. The van der Waals surface area contributed by atoms with Crippen molar-refractivity contribution in [1.29, 1.82) is 0 Å². The molecule has 5 aliphatic rings. The molecule has 148 valence electrons. The van der Waals surface area contributed by atoms with Crippen molar-refractivity contribution >= 4 is 28.3 Å². The molecule has 1 aromatic rings. The molecular weight excluding hydrogens is 457 g/mol. The maximum Gasteiger partial charge on any atom is 0.201 e. The van der Waals surface area contributed by atoms with Gasteiger partial charge in [-0.25, -0.2) is 9.78 Å². The van der Waals surface area contributed by atoms with Crippen molar-refractivity contribution in [2.45, 2.75) is 70.4 Å². The molecule has 1 spiro atoms. The Morgan fingerprint density at radius 1 is 1.04 bits per heavy atom. The van der Waals surface area contributed by atoms with Gasteiger partial charge in [0.15, 0.2) is 11.9 Å². The second-order valence-electron chi connectivity index (χ2n) is 8.98. The first kappa shape index (κ1) is 18.6. The van der Waals surface area contributed by atoms with Gasteiger partial charge in [-0.2, -0.15) is 0 Å². The average molecular weight is 485 g/mol. The fourth-order valence-corrected chi connectivity index (χ4v) is 6.14. The number of benzene rings is 1. The molecule has 1 saturated carbocycles. The Morgan fingerprint density at radius 3 is 2.59 bits per heavy atom. The molecule has 0 amide bonds. The van der Waals surface area contributed by atoms with Crippen LogP contribution in [-0.4, -0.2) is 23.9 Å². The number of nitrogens with one attached hydrogen (secondary N) is 1. The van der Waals surface area contributed by atoms with Crippen LogP contribution in [0.3, 0.4) is 0 Å². The maximum absolute atomic E-state index is 6.55. The van der Waals surface area contributed by atoms with Crippen molar-refractivity contribution < 1.29 is 19.2 Å². The van der Waals surface area contributed by atoms with Crippen LogP contribution in [0.2, 0.25) is 0 Å². The van der Waals surface area contributed by atoms with Gasteiger partial charge in [-0.05, 0) is 84.9 Å². The lowest BCUT2D eigenvalue weighted by atomic mass is 9.58. The molecular formula is C21H28INO4. The van der Waals surface area contributed by atoms with Gasteiger partial charge in [0, 0.05) is 27.5 Å². The Balaban J connectivity index is 1.48. The normalized spacial score (nSPS) is 48.6. The molecule has 2 bridgehead atoms. The summed E-state index contributed by atoms with van der Waals surface area (Å²) in [7, 11) is 0. The lowest BCUT2D eigenvalue weighted by Gasteiger charge is -2.60. The minimum Gasteiger partial charge on any atom is -0.360 e. The summed E-state index contributed by atoms with van der Waals surface area (Å²) in [6, 6.07) is 8.43. The summed E-state index contributed by atoms with van der Waals surface area (Å²) in [5, 5.41) is 3.59. The SMILES string of the molecule is C[C@@H]1CC[C@H]2[C@@H](C)C(Nc3ccc(I)cc3)O[C@@H]3O[C@@]4(C)CC[C@@H]1[C@]32OO4. The zero-order valence-electron chi connectivity index (χ0n) is 16.1. The molecule has 4 heterocycles. The largest absolute Gasteiger partial charge is 0.360 e. The highest BCUT2D eigenvalue weighted by Gasteiger charge is 2.69. The monoisotopic (exact) mass is 485 g/mol. The summed E-state index contributed by atoms with van der Waals surface area (Å²) >= 11 is 2.32. The molecule has 6 rings (SSSR count). The van der Waals surface area contributed by atoms with E-state index in [0.29, 0.717) is 23.7 Å². The van der Waals surface area contributed by atoms with E-state index in [0.717, 1.165) is 24.9 Å². The Kier molecular flexibility index (Phi) is 4.52. The molecule has 1 aliphatic carbocycles. The van der Waals surface area contributed by atoms with Crippen molar-refractivity contribution in [3.05, 3.63) is 27.8 Å².